The summed E-state index contributed by atoms with van der Waals surface area (Å²) < 4.78 is 0. The summed E-state index contributed by atoms with van der Waals surface area (Å²) in [7, 11) is 0. The van der Waals surface area contributed by atoms with E-state index in [1.165, 1.54) is 5.57 Å². The maximum absolute atomic E-state index is 12.7. The Morgan fingerprint density at radius 1 is 1.30 bits per heavy atom. The zero-order valence-electron chi connectivity index (χ0n) is 14.8. The van der Waals surface area contributed by atoms with E-state index >= 15 is 0 Å². The van der Waals surface area contributed by atoms with Crippen molar-refractivity contribution >= 4 is 5.78 Å². The first-order valence-electron chi connectivity index (χ1n) is 8.42. The molecule has 2 N–H and O–H groups in total. The first-order chi connectivity index (χ1) is 10.8. The van der Waals surface area contributed by atoms with Gasteiger partial charge in [-0.1, -0.05) is 37.6 Å². The SMILES string of the molecule is CC(C)=CCC[C@H](C)c1ccc(C)c2c1C(=O)C(C)C(O)C2O. The molecule has 0 aliphatic heterocycles. The number of fused-ring (bicyclic) bond motifs is 1. The molecule has 3 nitrogen and oxygen atoms in total. The lowest BCUT2D eigenvalue weighted by Crippen LogP contribution is -2.38. The van der Waals surface area contributed by atoms with Gasteiger partial charge in [-0.05, 0) is 56.2 Å². The van der Waals surface area contributed by atoms with Crippen LogP contribution in [0.2, 0.25) is 0 Å². The van der Waals surface area contributed by atoms with Gasteiger partial charge in [0.25, 0.3) is 0 Å². The van der Waals surface area contributed by atoms with Gasteiger partial charge in [0.1, 0.15) is 6.10 Å². The first-order valence-corrected chi connectivity index (χ1v) is 8.42. The van der Waals surface area contributed by atoms with Crippen LogP contribution >= 0.6 is 0 Å². The lowest BCUT2D eigenvalue weighted by Gasteiger charge is -2.34. The average molecular weight is 316 g/mol. The largest absolute Gasteiger partial charge is 0.389 e. The molecule has 3 unspecified atom stereocenters. The molecule has 0 aromatic heterocycles. The summed E-state index contributed by atoms with van der Waals surface area (Å²) in [4.78, 5) is 12.7. The number of carbonyl (C=O) groups is 1. The van der Waals surface area contributed by atoms with Gasteiger partial charge in [-0.15, -0.1) is 0 Å². The predicted octanol–water partition coefficient (Wildman–Crippen LogP) is 4.07. The van der Waals surface area contributed by atoms with E-state index in [1.807, 2.05) is 19.1 Å². The number of Topliss-reactive ketones (excluding diaryl/α,β-unsaturated/α-hetero) is 1. The molecule has 0 fully saturated rings. The van der Waals surface area contributed by atoms with Gasteiger partial charge in [0.2, 0.25) is 0 Å². The Labute approximate surface area is 139 Å². The molecule has 2 rings (SSSR count). The number of ketones is 1. The van der Waals surface area contributed by atoms with E-state index in [4.69, 9.17) is 0 Å². The minimum Gasteiger partial charge on any atom is -0.389 e. The van der Waals surface area contributed by atoms with Crippen LogP contribution < -0.4 is 0 Å². The fourth-order valence-corrected chi connectivity index (χ4v) is 3.41. The van der Waals surface area contributed by atoms with Gasteiger partial charge in [0.15, 0.2) is 5.78 Å². The molecule has 1 aromatic rings. The van der Waals surface area contributed by atoms with Crippen LogP contribution in [-0.2, 0) is 0 Å². The van der Waals surface area contributed by atoms with Gasteiger partial charge in [0, 0.05) is 11.5 Å². The number of aliphatic hydroxyl groups is 2. The Morgan fingerprint density at radius 3 is 2.57 bits per heavy atom. The maximum atomic E-state index is 12.7. The fourth-order valence-electron chi connectivity index (χ4n) is 3.41. The lowest BCUT2D eigenvalue weighted by molar-refractivity contribution is -0.0160. The van der Waals surface area contributed by atoms with E-state index in [1.54, 1.807) is 6.92 Å². The van der Waals surface area contributed by atoms with Crippen molar-refractivity contribution in [3.05, 3.63) is 46.0 Å². The van der Waals surface area contributed by atoms with Crippen LogP contribution in [0, 0.1) is 12.8 Å². The molecule has 4 atom stereocenters. The molecular formula is C20H28O3. The topological polar surface area (TPSA) is 57.5 Å². The molecule has 1 aliphatic rings. The second-order valence-electron chi connectivity index (χ2n) is 7.11. The second-order valence-corrected chi connectivity index (χ2v) is 7.11. The zero-order valence-corrected chi connectivity index (χ0v) is 14.8. The first kappa shape index (κ1) is 17.9. The van der Waals surface area contributed by atoms with Gasteiger partial charge >= 0.3 is 0 Å². The monoisotopic (exact) mass is 316 g/mol. The summed E-state index contributed by atoms with van der Waals surface area (Å²) in [5.74, 6) is -0.382. The van der Waals surface area contributed by atoms with Crippen molar-refractivity contribution < 1.29 is 15.0 Å². The minimum atomic E-state index is -1.02. The molecule has 0 saturated carbocycles. The van der Waals surface area contributed by atoms with Gasteiger partial charge in [0.05, 0.1) is 6.10 Å². The van der Waals surface area contributed by atoms with Crippen molar-refractivity contribution in [3.8, 4) is 0 Å². The summed E-state index contributed by atoms with van der Waals surface area (Å²) in [6.07, 6.45) is 2.13. The summed E-state index contributed by atoms with van der Waals surface area (Å²) in [6.45, 7) is 9.87. The highest BCUT2D eigenvalue weighted by molar-refractivity contribution is 6.02. The molecule has 0 bridgehead atoms. The number of benzene rings is 1. The summed E-state index contributed by atoms with van der Waals surface area (Å²) in [5, 5.41) is 20.6. The number of rotatable bonds is 4. The molecule has 1 aromatic carbocycles. The van der Waals surface area contributed by atoms with Crippen molar-refractivity contribution in [2.45, 2.75) is 65.6 Å². The maximum Gasteiger partial charge on any atom is 0.169 e. The van der Waals surface area contributed by atoms with Gasteiger partial charge < -0.3 is 10.2 Å². The molecule has 0 heterocycles. The molecular weight excluding hydrogens is 288 g/mol. The zero-order chi connectivity index (χ0) is 17.3. The third-order valence-corrected chi connectivity index (χ3v) is 4.97. The molecule has 23 heavy (non-hydrogen) atoms. The smallest absolute Gasteiger partial charge is 0.169 e. The molecule has 0 spiro atoms. The van der Waals surface area contributed by atoms with Crippen LogP contribution in [0.4, 0.5) is 0 Å². The Bertz CT molecular complexity index is 626. The summed E-state index contributed by atoms with van der Waals surface area (Å²) in [6, 6.07) is 3.96. The highest BCUT2D eigenvalue weighted by Crippen LogP contribution is 2.40. The van der Waals surface area contributed by atoms with E-state index in [9.17, 15) is 15.0 Å². The molecule has 3 heteroatoms. The second kappa shape index (κ2) is 6.98. The van der Waals surface area contributed by atoms with Crippen molar-refractivity contribution in [1.82, 2.24) is 0 Å². The van der Waals surface area contributed by atoms with Crippen LogP contribution in [0.1, 0.15) is 79.6 Å². The summed E-state index contributed by atoms with van der Waals surface area (Å²) >= 11 is 0. The van der Waals surface area contributed by atoms with Crippen molar-refractivity contribution in [1.29, 1.82) is 0 Å². The van der Waals surface area contributed by atoms with E-state index in [0.29, 0.717) is 11.1 Å². The summed E-state index contributed by atoms with van der Waals surface area (Å²) in [5.41, 5.74) is 4.42. The lowest BCUT2D eigenvalue weighted by atomic mass is 9.74. The van der Waals surface area contributed by atoms with Crippen molar-refractivity contribution in [3.63, 3.8) is 0 Å². The number of allylic oxidation sites excluding steroid dienone is 2. The fraction of sp³-hybridized carbons (Fsp3) is 0.550. The highest BCUT2D eigenvalue weighted by atomic mass is 16.3. The number of aryl methyl sites for hydroxylation is 1. The third kappa shape index (κ3) is 3.41. The Hall–Kier alpha value is -1.45. The van der Waals surface area contributed by atoms with E-state index in [-0.39, 0.29) is 11.7 Å². The molecule has 0 radical (unpaired) electrons. The average Bonchev–Trinajstić information content (AvgIpc) is 2.49. The van der Waals surface area contributed by atoms with Crippen LogP contribution in [0.3, 0.4) is 0 Å². The Morgan fingerprint density at radius 2 is 1.96 bits per heavy atom. The number of hydrogen-bond acceptors (Lipinski definition) is 3. The normalized spacial score (nSPS) is 25.0. The van der Waals surface area contributed by atoms with Crippen LogP contribution in [-0.4, -0.2) is 22.1 Å². The quantitative estimate of drug-likeness (QED) is 0.823. The molecule has 0 saturated heterocycles. The Balaban J connectivity index is 2.44. The third-order valence-electron chi connectivity index (χ3n) is 4.97. The Kier molecular flexibility index (Phi) is 5.43. The minimum absolute atomic E-state index is 0.0504. The van der Waals surface area contributed by atoms with E-state index < -0.39 is 18.1 Å². The molecule has 1 aliphatic carbocycles. The standard InChI is InChI=1S/C20H28O3/c1-11(2)7-6-8-12(3)15-10-9-13(4)16-17(15)18(21)14(5)19(22)20(16)23/h7,9-10,12,14,19-20,22-23H,6,8H2,1-5H3/t12-,14?,19?,20?/m0/s1. The highest BCUT2D eigenvalue weighted by Gasteiger charge is 2.40. The van der Waals surface area contributed by atoms with Crippen LogP contribution in [0.15, 0.2) is 23.8 Å². The van der Waals surface area contributed by atoms with Crippen molar-refractivity contribution in [2.24, 2.45) is 5.92 Å². The van der Waals surface area contributed by atoms with Gasteiger partial charge in [-0.3, -0.25) is 4.79 Å². The van der Waals surface area contributed by atoms with Gasteiger partial charge in [-0.25, -0.2) is 0 Å². The predicted molar refractivity (Wildman–Crippen MR) is 92.7 cm³/mol. The van der Waals surface area contributed by atoms with Crippen LogP contribution in [0.25, 0.3) is 0 Å². The van der Waals surface area contributed by atoms with Crippen molar-refractivity contribution in [2.75, 3.05) is 0 Å². The van der Waals surface area contributed by atoms with Crippen LogP contribution in [0.5, 0.6) is 0 Å². The van der Waals surface area contributed by atoms with Gasteiger partial charge in [-0.2, -0.15) is 0 Å². The van der Waals surface area contributed by atoms with E-state index in [2.05, 4.69) is 26.8 Å². The number of aliphatic hydroxyl groups excluding tert-OH is 2. The molecule has 0 amide bonds. The number of carbonyl (C=O) groups excluding carboxylic acids is 1. The van der Waals surface area contributed by atoms with E-state index in [0.717, 1.165) is 24.0 Å². The number of hydrogen-bond donors (Lipinski definition) is 2. The molecule has 126 valence electrons.